The molecular formula is C25H31ClN4OSSi. The molecule has 0 amide bonds. The second kappa shape index (κ2) is 9.94. The first-order valence-corrected chi connectivity index (χ1v) is 15.2. The second-order valence-electron chi connectivity index (χ2n) is 9.77. The molecule has 33 heavy (non-hydrogen) atoms. The van der Waals surface area contributed by atoms with Crippen molar-refractivity contribution in [1.82, 2.24) is 10.2 Å². The van der Waals surface area contributed by atoms with Crippen molar-refractivity contribution in [3.05, 3.63) is 63.6 Å². The molecule has 2 N–H and O–H groups in total. The van der Waals surface area contributed by atoms with E-state index < -0.39 is 8.32 Å². The molecule has 3 rings (SSSR count). The summed E-state index contributed by atoms with van der Waals surface area (Å²) in [5.41, 5.74) is 3.19. The van der Waals surface area contributed by atoms with Crippen molar-refractivity contribution in [3.8, 4) is 16.6 Å². The Morgan fingerprint density at radius 1 is 1.18 bits per heavy atom. The van der Waals surface area contributed by atoms with Crippen molar-refractivity contribution in [2.45, 2.75) is 58.3 Å². The van der Waals surface area contributed by atoms with Gasteiger partial charge in [0.15, 0.2) is 8.32 Å². The van der Waals surface area contributed by atoms with Crippen LogP contribution in [0.3, 0.4) is 0 Å². The van der Waals surface area contributed by atoms with Crippen LogP contribution < -0.4 is 5.32 Å². The van der Waals surface area contributed by atoms with E-state index in [1.165, 1.54) is 0 Å². The Kier molecular flexibility index (Phi) is 7.64. The van der Waals surface area contributed by atoms with Gasteiger partial charge in [-0.25, -0.2) is 0 Å². The molecule has 0 aliphatic heterocycles. The van der Waals surface area contributed by atoms with Crippen LogP contribution in [0.25, 0.3) is 10.6 Å². The molecule has 1 heterocycles. The summed E-state index contributed by atoms with van der Waals surface area (Å²) in [5, 5.41) is 24.0. The zero-order valence-corrected chi connectivity index (χ0v) is 22.6. The predicted molar refractivity (Wildman–Crippen MR) is 140 cm³/mol. The van der Waals surface area contributed by atoms with Crippen LogP contribution in [0, 0.1) is 24.2 Å². The fraction of sp³-hybridized carbons (Fsp3) is 0.400. The predicted octanol–water partition coefficient (Wildman–Crippen LogP) is 7.20. The Morgan fingerprint density at radius 3 is 2.45 bits per heavy atom. The Balaban J connectivity index is 2.00. The zero-order chi connectivity index (χ0) is 24.4. The number of nitrogens with zero attached hydrogens (tertiary/aromatic N) is 3. The van der Waals surface area contributed by atoms with Gasteiger partial charge in [-0.05, 0) is 55.1 Å². The maximum absolute atomic E-state index is 10.9. The number of rotatable bonds is 8. The summed E-state index contributed by atoms with van der Waals surface area (Å²) in [6.45, 7) is 12.4. The molecule has 0 aliphatic carbocycles. The molecule has 2 aromatic carbocycles. The fourth-order valence-electron chi connectivity index (χ4n) is 3.77. The van der Waals surface area contributed by atoms with Crippen LogP contribution in [0.5, 0.6) is 0 Å². The first-order chi connectivity index (χ1) is 15.4. The summed E-state index contributed by atoms with van der Waals surface area (Å²) in [6.07, 6.45) is 0.823. The Labute approximate surface area is 206 Å². The van der Waals surface area contributed by atoms with Gasteiger partial charge in [0.2, 0.25) is 0 Å². The number of anilines is 1. The Bertz CT molecular complexity index is 1150. The number of nitrogens with one attached hydrogen (secondary N) is 1. The van der Waals surface area contributed by atoms with Gasteiger partial charge < -0.3 is 10.1 Å². The van der Waals surface area contributed by atoms with Crippen LogP contribution in [-0.2, 0) is 0 Å². The number of hydrogen-bond acceptors (Lipinski definition) is 6. The van der Waals surface area contributed by atoms with Crippen LogP contribution in [0.4, 0.5) is 5.69 Å². The molecule has 0 saturated carbocycles. The molecule has 0 fully saturated rings. The minimum Gasteiger partial charge on any atom is -0.432 e. The van der Waals surface area contributed by atoms with Crippen LogP contribution in [0.2, 0.25) is 23.2 Å². The maximum Gasteiger partial charge on any atom is 0.188 e. The molecule has 0 saturated heterocycles. The summed E-state index contributed by atoms with van der Waals surface area (Å²) in [7, 11) is -2.38. The number of benzene rings is 2. The lowest BCUT2D eigenvalue weighted by atomic mass is 9.91. The molecule has 1 aromatic heterocycles. The van der Waals surface area contributed by atoms with Crippen LogP contribution in [-0.4, -0.2) is 23.3 Å². The minimum atomic E-state index is -2.38. The normalized spacial score (nSPS) is 13.9. The molecule has 0 radical (unpaired) electrons. The first-order valence-electron chi connectivity index (χ1n) is 11.0. The van der Waals surface area contributed by atoms with E-state index in [9.17, 15) is 10.1 Å². The lowest BCUT2D eigenvalue weighted by Gasteiger charge is -2.39. The van der Waals surface area contributed by atoms with Gasteiger partial charge in [-0.3, -0.25) is 0 Å². The molecule has 0 unspecified atom stereocenters. The fourth-order valence-corrected chi connectivity index (χ4v) is 5.83. The molecule has 3 aromatic rings. The lowest BCUT2D eigenvalue weighted by molar-refractivity contribution is 0.362. The minimum absolute atomic E-state index is 0.127. The number of hydrogen-bond donors (Lipinski definition) is 2. The van der Waals surface area contributed by atoms with E-state index in [-0.39, 0.29) is 17.0 Å². The molecular weight excluding hydrogens is 468 g/mol. The van der Waals surface area contributed by atoms with E-state index in [0.29, 0.717) is 10.6 Å². The molecule has 0 spiro atoms. The van der Waals surface area contributed by atoms with Crippen molar-refractivity contribution in [3.63, 3.8) is 0 Å². The van der Waals surface area contributed by atoms with Gasteiger partial charge in [0, 0.05) is 11.3 Å². The van der Waals surface area contributed by atoms with Crippen LogP contribution in [0.1, 0.15) is 49.4 Å². The highest BCUT2D eigenvalue weighted by molar-refractivity contribution is 7.14. The van der Waals surface area contributed by atoms with Gasteiger partial charge in [0.1, 0.15) is 16.1 Å². The third-order valence-electron chi connectivity index (χ3n) is 6.60. The summed E-state index contributed by atoms with van der Waals surface area (Å²) < 4.78 is 0. The Hall–Kier alpha value is -2.24. The number of halogens is 1. The van der Waals surface area contributed by atoms with E-state index in [1.54, 1.807) is 17.4 Å². The molecule has 8 heteroatoms. The summed E-state index contributed by atoms with van der Waals surface area (Å²) in [5.74, 6) is 0.157. The summed E-state index contributed by atoms with van der Waals surface area (Å²) in [6, 6.07) is 15.7. The summed E-state index contributed by atoms with van der Waals surface area (Å²) in [4.78, 5) is 10.9. The smallest absolute Gasteiger partial charge is 0.188 e. The van der Waals surface area contributed by atoms with Crippen molar-refractivity contribution >= 4 is 36.9 Å². The van der Waals surface area contributed by atoms with Crippen LogP contribution in [0.15, 0.2) is 42.5 Å². The average Bonchev–Trinajstić information content (AvgIpc) is 3.24. The maximum atomic E-state index is 10.9. The Morgan fingerprint density at radius 2 is 1.85 bits per heavy atom. The van der Waals surface area contributed by atoms with Gasteiger partial charge in [0.25, 0.3) is 0 Å². The molecule has 174 valence electrons. The third kappa shape index (κ3) is 5.64. The van der Waals surface area contributed by atoms with Crippen molar-refractivity contribution in [2.75, 3.05) is 5.32 Å². The highest BCUT2D eigenvalue weighted by atomic mass is 35.5. The summed E-state index contributed by atoms with van der Waals surface area (Å²) >= 11 is 8.01. The second-order valence-corrected chi connectivity index (χ2v) is 15.6. The quantitative estimate of drug-likeness (QED) is 0.321. The van der Waals surface area contributed by atoms with E-state index in [1.807, 2.05) is 56.4 Å². The third-order valence-corrected chi connectivity index (χ3v) is 11.7. The topological polar surface area (TPSA) is 81.8 Å². The van der Waals surface area contributed by atoms with E-state index in [2.05, 4.69) is 42.4 Å². The lowest BCUT2D eigenvalue weighted by Crippen LogP contribution is -2.40. The standard InChI is InChI=1S/C25H31ClN4OSSi/c1-16(14-25(3,4)33(5,6)31)22(28-20-13-12-19(15-27)21(26)17(20)2)24-30-29-23(32-24)18-10-8-7-9-11-18/h7-13,16,22,28,31H,14H2,1-6H3/t16-,22+/m0/s1. The van der Waals surface area contributed by atoms with Crippen LogP contribution >= 0.6 is 22.9 Å². The largest absolute Gasteiger partial charge is 0.432 e. The van der Waals surface area contributed by atoms with E-state index >= 15 is 0 Å². The highest BCUT2D eigenvalue weighted by Crippen LogP contribution is 2.46. The van der Waals surface area contributed by atoms with Crippen molar-refractivity contribution in [1.29, 1.82) is 5.26 Å². The van der Waals surface area contributed by atoms with E-state index in [4.69, 9.17) is 11.6 Å². The number of aromatic nitrogens is 2. The van der Waals surface area contributed by atoms with E-state index in [0.717, 1.165) is 33.3 Å². The zero-order valence-electron chi connectivity index (χ0n) is 20.0. The SMILES string of the molecule is Cc1c(N[C@@H](c2nnc(-c3ccccc3)s2)[C@@H](C)CC(C)(C)[Si](C)(C)O)ccc(C#N)c1Cl. The monoisotopic (exact) mass is 498 g/mol. The molecule has 0 aliphatic rings. The van der Waals surface area contributed by atoms with Gasteiger partial charge in [-0.1, -0.05) is 74.0 Å². The van der Waals surface area contributed by atoms with Gasteiger partial charge in [-0.2, -0.15) is 5.26 Å². The number of nitriles is 1. The molecule has 2 atom stereocenters. The molecule has 0 bridgehead atoms. The van der Waals surface area contributed by atoms with Crippen molar-refractivity contribution in [2.24, 2.45) is 5.92 Å². The van der Waals surface area contributed by atoms with Crippen molar-refractivity contribution < 1.29 is 4.80 Å². The first kappa shape index (κ1) is 25.4. The van der Waals surface area contributed by atoms with Gasteiger partial charge in [0.05, 0.1) is 16.6 Å². The average molecular weight is 499 g/mol. The highest BCUT2D eigenvalue weighted by Gasteiger charge is 2.41. The van der Waals surface area contributed by atoms with Gasteiger partial charge >= 0.3 is 0 Å². The molecule has 5 nitrogen and oxygen atoms in total. The van der Waals surface area contributed by atoms with Gasteiger partial charge in [-0.15, -0.1) is 10.2 Å².